The molecule has 3 aromatic rings. The van der Waals surface area contributed by atoms with Gasteiger partial charge in [-0.15, -0.1) is 0 Å². The minimum atomic E-state index is -0.745. The van der Waals surface area contributed by atoms with E-state index in [2.05, 4.69) is 5.32 Å². The largest absolute Gasteiger partial charge is 0.481 e. The predicted molar refractivity (Wildman–Crippen MR) is 116 cm³/mol. The summed E-state index contributed by atoms with van der Waals surface area (Å²) >= 11 is 6.10. The Labute approximate surface area is 175 Å². The topological polar surface area (TPSA) is 55.4 Å². The number of rotatable bonds is 6. The highest BCUT2D eigenvalue weighted by Crippen LogP contribution is 2.25. The van der Waals surface area contributed by atoms with Crippen molar-refractivity contribution in [1.29, 1.82) is 0 Å². The Balaban J connectivity index is 1.81. The van der Waals surface area contributed by atoms with E-state index in [1.807, 2.05) is 38.1 Å². The smallest absolute Gasteiger partial charge is 0.265 e. The maximum Gasteiger partial charge on any atom is 0.265 e. The molecule has 1 amide bonds. The van der Waals surface area contributed by atoms with Crippen LogP contribution in [0.3, 0.4) is 0 Å². The van der Waals surface area contributed by atoms with E-state index in [0.717, 1.165) is 11.1 Å². The molecule has 29 heavy (non-hydrogen) atoms. The SMILES string of the molecule is Cc1cccc(O[C@@H](C)C(=O)Nc2ccc(Cl)cc2C(=O)c2ccccc2)c1C. The van der Waals surface area contributed by atoms with Crippen LogP contribution in [0.5, 0.6) is 5.75 Å². The highest BCUT2D eigenvalue weighted by Gasteiger charge is 2.20. The lowest BCUT2D eigenvalue weighted by Gasteiger charge is -2.18. The Morgan fingerprint density at radius 3 is 2.41 bits per heavy atom. The van der Waals surface area contributed by atoms with Crippen LogP contribution in [0.2, 0.25) is 5.02 Å². The zero-order valence-corrected chi connectivity index (χ0v) is 17.3. The number of halogens is 1. The van der Waals surface area contributed by atoms with Crippen molar-refractivity contribution in [3.8, 4) is 5.75 Å². The molecule has 3 aromatic carbocycles. The van der Waals surface area contributed by atoms with E-state index in [0.29, 0.717) is 27.6 Å². The summed E-state index contributed by atoms with van der Waals surface area (Å²) in [6.45, 7) is 5.61. The van der Waals surface area contributed by atoms with Crippen LogP contribution >= 0.6 is 11.6 Å². The van der Waals surface area contributed by atoms with Crippen molar-refractivity contribution in [2.75, 3.05) is 5.32 Å². The Morgan fingerprint density at radius 2 is 1.69 bits per heavy atom. The molecule has 0 aliphatic rings. The molecular formula is C24H22ClNO3. The van der Waals surface area contributed by atoms with Gasteiger partial charge in [0.2, 0.25) is 0 Å². The van der Waals surface area contributed by atoms with E-state index >= 15 is 0 Å². The van der Waals surface area contributed by atoms with Gasteiger partial charge in [0.1, 0.15) is 5.75 Å². The summed E-state index contributed by atoms with van der Waals surface area (Å²) in [5.74, 6) is 0.0891. The minimum Gasteiger partial charge on any atom is -0.481 e. The molecule has 0 saturated heterocycles. The standard InChI is InChI=1S/C24H22ClNO3/c1-15-8-7-11-22(16(15)2)29-17(3)24(28)26-21-13-12-19(25)14-20(21)23(27)18-9-5-4-6-10-18/h4-14,17H,1-3H3,(H,26,28)/t17-/m0/s1. The van der Waals surface area contributed by atoms with Crippen molar-refractivity contribution in [3.05, 3.63) is 94.0 Å². The number of amides is 1. The molecule has 5 heteroatoms. The summed E-state index contributed by atoms with van der Waals surface area (Å²) < 4.78 is 5.85. The number of anilines is 1. The molecule has 0 aromatic heterocycles. The second kappa shape index (κ2) is 8.93. The Morgan fingerprint density at radius 1 is 0.966 bits per heavy atom. The first kappa shape index (κ1) is 20.6. The van der Waals surface area contributed by atoms with Gasteiger partial charge in [0.25, 0.3) is 5.91 Å². The maximum atomic E-state index is 12.9. The van der Waals surface area contributed by atoms with Crippen molar-refractivity contribution >= 4 is 29.0 Å². The number of carbonyl (C=O) groups excluding carboxylic acids is 2. The van der Waals surface area contributed by atoms with E-state index in [1.165, 1.54) is 0 Å². The van der Waals surface area contributed by atoms with Gasteiger partial charge >= 0.3 is 0 Å². The van der Waals surface area contributed by atoms with Crippen LogP contribution < -0.4 is 10.1 Å². The van der Waals surface area contributed by atoms with Gasteiger partial charge in [0, 0.05) is 16.1 Å². The zero-order valence-electron chi connectivity index (χ0n) is 16.5. The van der Waals surface area contributed by atoms with Gasteiger partial charge in [-0.2, -0.15) is 0 Å². The molecule has 1 N–H and O–H groups in total. The van der Waals surface area contributed by atoms with E-state index in [4.69, 9.17) is 16.3 Å². The second-order valence-electron chi connectivity index (χ2n) is 6.83. The first-order chi connectivity index (χ1) is 13.9. The molecule has 3 rings (SSSR count). The predicted octanol–water partition coefficient (Wildman–Crippen LogP) is 5.59. The zero-order chi connectivity index (χ0) is 21.0. The monoisotopic (exact) mass is 407 g/mol. The Bertz CT molecular complexity index is 1050. The Hall–Kier alpha value is -3.11. The fourth-order valence-corrected chi connectivity index (χ4v) is 3.06. The molecule has 0 radical (unpaired) electrons. The average Bonchev–Trinajstić information content (AvgIpc) is 2.72. The fourth-order valence-electron chi connectivity index (χ4n) is 2.89. The molecule has 148 valence electrons. The number of aryl methyl sites for hydroxylation is 1. The van der Waals surface area contributed by atoms with Crippen LogP contribution in [0.25, 0.3) is 0 Å². The molecular weight excluding hydrogens is 386 g/mol. The third-order valence-electron chi connectivity index (χ3n) is 4.75. The number of carbonyl (C=O) groups is 2. The lowest BCUT2D eigenvalue weighted by molar-refractivity contribution is -0.122. The van der Waals surface area contributed by atoms with Gasteiger partial charge in [-0.1, -0.05) is 54.1 Å². The molecule has 0 bridgehead atoms. The average molecular weight is 408 g/mol. The summed E-state index contributed by atoms with van der Waals surface area (Å²) in [5.41, 5.74) is 3.31. The summed E-state index contributed by atoms with van der Waals surface area (Å²) in [4.78, 5) is 25.6. The number of ketones is 1. The van der Waals surface area contributed by atoms with E-state index in [9.17, 15) is 9.59 Å². The molecule has 4 nitrogen and oxygen atoms in total. The van der Waals surface area contributed by atoms with Gasteiger partial charge in [-0.05, 0) is 56.2 Å². The van der Waals surface area contributed by atoms with Gasteiger partial charge in [0.15, 0.2) is 11.9 Å². The Kier molecular flexibility index (Phi) is 6.35. The summed E-state index contributed by atoms with van der Waals surface area (Å²) in [5, 5.41) is 3.22. The van der Waals surface area contributed by atoms with Crippen LogP contribution in [0.4, 0.5) is 5.69 Å². The van der Waals surface area contributed by atoms with Crippen molar-refractivity contribution in [2.24, 2.45) is 0 Å². The molecule has 1 atom stereocenters. The van der Waals surface area contributed by atoms with Gasteiger partial charge in [0.05, 0.1) is 5.69 Å². The highest BCUT2D eigenvalue weighted by atomic mass is 35.5. The molecule has 0 heterocycles. The summed E-state index contributed by atoms with van der Waals surface area (Å²) in [6.07, 6.45) is -0.745. The highest BCUT2D eigenvalue weighted by molar-refractivity contribution is 6.31. The summed E-state index contributed by atoms with van der Waals surface area (Å²) in [7, 11) is 0. The first-order valence-electron chi connectivity index (χ1n) is 9.30. The first-order valence-corrected chi connectivity index (χ1v) is 9.67. The van der Waals surface area contributed by atoms with Crippen LogP contribution in [0.1, 0.15) is 34.0 Å². The number of nitrogens with one attached hydrogen (secondary N) is 1. The fraction of sp³-hybridized carbons (Fsp3) is 0.167. The second-order valence-corrected chi connectivity index (χ2v) is 7.27. The van der Waals surface area contributed by atoms with Crippen molar-refractivity contribution < 1.29 is 14.3 Å². The molecule has 0 spiro atoms. The molecule has 0 saturated carbocycles. The van der Waals surface area contributed by atoms with Crippen LogP contribution in [0.15, 0.2) is 66.7 Å². The number of ether oxygens (including phenoxy) is 1. The van der Waals surface area contributed by atoms with Gasteiger partial charge < -0.3 is 10.1 Å². The van der Waals surface area contributed by atoms with Crippen LogP contribution in [-0.4, -0.2) is 17.8 Å². The third kappa shape index (κ3) is 4.84. The molecule has 0 aliphatic heterocycles. The summed E-state index contributed by atoms with van der Waals surface area (Å²) in [6, 6.07) is 19.4. The normalized spacial score (nSPS) is 11.6. The van der Waals surface area contributed by atoms with E-state index in [1.54, 1.807) is 49.4 Å². The quantitative estimate of drug-likeness (QED) is 0.541. The van der Waals surface area contributed by atoms with E-state index in [-0.39, 0.29) is 11.7 Å². The maximum absolute atomic E-state index is 12.9. The lowest BCUT2D eigenvalue weighted by Crippen LogP contribution is -2.31. The van der Waals surface area contributed by atoms with Gasteiger partial charge in [-0.3, -0.25) is 9.59 Å². The van der Waals surface area contributed by atoms with Crippen molar-refractivity contribution in [3.63, 3.8) is 0 Å². The molecule has 0 aliphatic carbocycles. The van der Waals surface area contributed by atoms with Crippen LogP contribution in [0, 0.1) is 13.8 Å². The van der Waals surface area contributed by atoms with Crippen molar-refractivity contribution in [2.45, 2.75) is 26.9 Å². The minimum absolute atomic E-state index is 0.216. The third-order valence-corrected chi connectivity index (χ3v) is 4.98. The lowest BCUT2D eigenvalue weighted by atomic mass is 10.0. The number of hydrogen-bond acceptors (Lipinski definition) is 3. The number of hydrogen-bond donors (Lipinski definition) is 1. The van der Waals surface area contributed by atoms with Gasteiger partial charge in [-0.25, -0.2) is 0 Å². The van der Waals surface area contributed by atoms with Crippen LogP contribution in [-0.2, 0) is 4.79 Å². The molecule has 0 unspecified atom stereocenters. The van der Waals surface area contributed by atoms with E-state index < -0.39 is 6.10 Å². The molecule has 0 fully saturated rings. The van der Waals surface area contributed by atoms with Crippen molar-refractivity contribution in [1.82, 2.24) is 0 Å². The number of benzene rings is 3.